The molecule has 0 radical (unpaired) electrons. The highest BCUT2D eigenvalue weighted by molar-refractivity contribution is 6.37. The molecule has 1 aliphatic heterocycles. The highest BCUT2D eigenvalue weighted by Gasteiger charge is 2.38. The fourth-order valence-corrected chi connectivity index (χ4v) is 3.88. The molecule has 1 amide bonds. The van der Waals surface area contributed by atoms with E-state index < -0.39 is 0 Å². The zero-order valence-corrected chi connectivity index (χ0v) is 13.0. The number of nitrogens with one attached hydrogen (secondary N) is 2. The van der Waals surface area contributed by atoms with Crippen molar-refractivity contribution in [2.75, 3.05) is 5.32 Å². The summed E-state index contributed by atoms with van der Waals surface area (Å²) in [5.41, 5.74) is 0.504. The van der Waals surface area contributed by atoms with Crippen LogP contribution in [0.4, 0.5) is 5.69 Å². The number of phenols is 1. The predicted molar refractivity (Wildman–Crippen MR) is 84.0 cm³/mol. The summed E-state index contributed by atoms with van der Waals surface area (Å²) in [5.74, 6) is 0.380. The molecule has 1 aromatic rings. The Morgan fingerprint density at radius 1 is 1.24 bits per heavy atom. The van der Waals surface area contributed by atoms with Crippen LogP contribution < -0.4 is 10.6 Å². The van der Waals surface area contributed by atoms with Gasteiger partial charge in [-0.05, 0) is 37.3 Å². The Balaban J connectivity index is 1.67. The van der Waals surface area contributed by atoms with E-state index in [-0.39, 0.29) is 27.7 Å². The molecule has 6 heteroatoms. The molecule has 3 unspecified atom stereocenters. The summed E-state index contributed by atoms with van der Waals surface area (Å²) >= 11 is 11.7. The summed E-state index contributed by atoms with van der Waals surface area (Å²) in [6.45, 7) is 0. The van der Waals surface area contributed by atoms with Crippen LogP contribution in [0, 0.1) is 5.92 Å². The first-order valence-corrected chi connectivity index (χ1v) is 8.05. The quantitative estimate of drug-likeness (QED) is 0.727. The predicted octanol–water partition coefficient (Wildman–Crippen LogP) is 3.56. The smallest absolute Gasteiger partial charge is 0.241 e. The summed E-state index contributed by atoms with van der Waals surface area (Å²) in [5, 5.41) is 16.0. The molecular weight excluding hydrogens is 311 g/mol. The molecule has 1 saturated carbocycles. The van der Waals surface area contributed by atoms with Crippen molar-refractivity contribution < 1.29 is 9.90 Å². The normalized spacial score (nSPS) is 28.2. The number of carbonyl (C=O) groups is 1. The molecule has 2 fully saturated rings. The van der Waals surface area contributed by atoms with Gasteiger partial charge in [0.15, 0.2) is 5.75 Å². The minimum atomic E-state index is -0.165. The molecule has 2 aliphatic rings. The van der Waals surface area contributed by atoms with Crippen molar-refractivity contribution >= 4 is 34.8 Å². The molecule has 0 aromatic heterocycles. The third-order valence-electron chi connectivity index (χ3n) is 4.46. The first-order chi connectivity index (χ1) is 10.0. The highest BCUT2D eigenvalue weighted by atomic mass is 35.5. The molecule has 3 N–H and O–H groups in total. The van der Waals surface area contributed by atoms with Gasteiger partial charge in [-0.25, -0.2) is 0 Å². The average molecular weight is 329 g/mol. The number of carbonyl (C=O) groups excluding carboxylic acids is 1. The van der Waals surface area contributed by atoms with Crippen LogP contribution in [-0.2, 0) is 4.79 Å². The first kappa shape index (κ1) is 14.9. The number of amides is 1. The highest BCUT2D eigenvalue weighted by Crippen LogP contribution is 2.36. The van der Waals surface area contributed by atoms with Gasteiger partial charge in [0.25, 0.3) is 0 Å². The van der Waals surface area contributed by atoms with Gasteiger partial charge in [-0.1, -0.05) is 36.0 Å². The summed E-state index contributed by atoms with van der Waals surface area (Å²) in [4.78, 5) is 12.3. The molecule has 114 valence electrons. The third kappa shape index (κ3) is 3.12. The number of rotatable bonds is 2. The lowest BCUT2D eigenvalue weighted by atomic mass is 9.85. The SMILES string of the molecule is O=C(Nc1cc(Cl)c(O)c(Cl)c1)C1CC2CCCCC2N1. The Morgan fingerprint density at radius 2 is 1.90 bits per heavy atom. The Labute approximate surface area is 133 Å². The molecule has 0 spiro atoms. The second kappa shape index (κ2) is 6.03. The average Bonchev–Trinajstić information content (AvgIpc) is 2.88. The van der Waals surface area contributed by atoms with E-state index in [1.54, 1.807) is 0 Å². The monoisotopic (exact) mass is 328 g/mol. The molecule has 0 bridgehead atoms. The second-order valence-electron chi connectivity index (χ2n) is 5.88. The summed E-state index contributed by atoms with van der Waals surface area (Å²) in [6.07, 6.45) is 5.76. The maximum Gasteiger partial charge on any atom is 0.241 e. The topological polar surface area (TPSA) is 61.4 Å². The zero-order chi connectivity index (χ0) is 15.0. The van der Waals surface area contributed by atoms with Crippen molar-refractivity contribution in [1.82, 2.24) is 5.32 Å². The largest absolute Gasteiger partial charge is 0.505 e. The third-order valence-corrected chi connectivity index (χ3v) is 5.04. The number of fused-ring (bicyclic) bond motifs is 1. The Morgan fingerprint density at radius 3 is 2.57 bits per heavy atom. The lowest BCUT2D eigenvalue weighted by Crippen LogP contribution is -2.39. The van der Waals surface area contributed by atoms with Gasteiger partial charge in [-0.3, -0.25) is 4.79 Å². The number of hydrogen-bond acceptors (Lipinski definition) is 3. The minimum Gasteiger partial charge on any atom is -0.505 e. The van der Waals surface area contributed by atoms with Crippen LogP contribution in [0.5, 0.6) is 5.75 Å². The molecule has 1 heterocycles. The number of halogens is 2. The van der Waals surface area contributed by atoms with E-state index in [0.29, 0.717) is 17.6 Å². The molecule has 3 rings (SSSR count). The van der Waals surface area contributed by atoms with Crippen molar-refractivity contribution in [2.24, 2.45) is 5.92 Å². The van der Waals surface area contributed by atoms with Gasteiger partial charge in [0, 0.05) is 11.7 Å². The van der Waals surface area contributed by atoms with Crippen molar-refractivity contribution in [3.8, 4) is 5.75 Å². The first-order valence-electron chi connectivity index (χ1n) is 7.29. The molecule has 1 aliphatic carbocycles. The molecule has 21 heavy (non-hydrogen) atoms. The molecule has 4 nitrogen and oxygen atoms in total. The van der Waals surface area contributed by atoms with Crippen LogP contribution in [0.2, 0.25) is 10.0 Å². The second-order valence-corrected chi connectivity index (χ2v) is 6.70. The van der Waals surface area contributed by atoms with E-state index in [9.17, 15) is 9.90 Å². The fraction of sp³-hybridized carbons (Fsp3) is 0.533. The van der Waals surface area contributed by atoms with Crippen molar-refractivity contribution in [2.45, 2.75) is 44.2 Å². The number of aromatic hydroxyl groups is 1. The van der Waals surface area contributed by atoms with Gasteiger partial charge in [0.05, 0.1) is 16.1 Å². The van der Waals surface area contributed by atoms with Gasteiger partial charge < -0.3 is 15.7 Å². The Hall–Kier alpha value is -0.970. The van der Waals surface area contributed by atoms with Crippen molar-refractivity contribution in [3.63, 3.8) is 0 Å². The standard InChI is InChI=1S/C15H18Cl2N2O2/c16-10-6-9(7-11(17)14(10)20)18-15(21)13-5-8-3-1-2-4-12(8)19-13/h6-8,12-13,19-20H,1-5H2,(H,18,21). The summed E-state index contributed by atoms with van der Waals surface area (Å²) < 4.78 is 0. The number of hydrogen-bond donors (Lipinski definition) is 3. The Kier molecular flexibility index (Phi) is 4.29. The van der Waals surface area contributed by atoms with Gasteiger partial charge in [-0.15, -0.1) is 0 Å². The van der Waals surface area contributed by atoms with E-state index in [2.05, 4.69) is 10.6 Å². The van der Waals surface area contributed by atoms with E-state index in [4.69, 9.17) is 23.2 Å². The lowest BCUT2D eigenvalue weighted by molar-refractivity contribution is -0.117. The van der Waals surface area contributed by atoms with E-state index >= 15 is 0 Å². The van der Waals surface area contributed by atoms with Crippen molar-refractivity contribution in [1.29, 1.82) is 0 Å². The van der Waals surface area contributed by atoms with Crippen LogP contribution in [-0.4, -0.2) is 23.1 Å². The summed E-state index contributed by atoms with van der Waals surface area (Å²) in [6, 6.07) is 3.32. The Bertz CT molecular complexity index is 528. The number of benzene rings is 1. The molecular formula is C15H18Cl2N2O2. The van der Waals surface area contributed by atoms with Crippen LogP contribution in [0.15, 0.2) is 12.1 Å². The van der Waals surface area contributed by atoms with Crippen LogP contribution in [0.3, 0.4) is 0 Å². The molecule has 3 atom stereocenters. The van der Waals surface area contributed by atoms with E-state index in [1.165, 1.54) is 31.4 Å². The van der Waals surface area contributed by atoms with Gasteiger partial charge in [0.2, 0.25) is 5.91 Å². The molecule has 1 saturated heterocycles. The van der Waals surface area contributed by atoms with Gasteiger partial charge in [0.1, 0.15) is 0 Å². The number of phenolic OH excluding ortho intramolecular Hbond substituents is 1. The maximum absolute atomic E-state index is 12.3. The van der Waals surface area contributed by atoms with E-state index in [1.807, 2.05) is 0 Å². The van der Waals surface area contributed by atoms with Gasteiger partial charge >= 0.3 is 0 Å². The van der Waals surface area contributed by atoms with Gasteiger partial charge in [-0.2, -0.15) is 0 Å². The summed E-state index contributed by atoms with van der Waals surface area (Å²) in [7, 11) is 0. The lowest BCUT2D eigenvalue weighted by Gasteiger charge is -2.24. The molecule has 1 aromatic carbocycles. The maximum atomic E-state index is 12.3. The van der Waals surface area contributed by atoms with E-state index in [0.717, 1.165) is 12.8 Å². The number of anilines is 1. The van der Waals surface area contributed by atoms with Crippen LogP contribution in [0.1, 0.15) is 32.1 Å². The van der Waals surface area contributed by atoms with Crippen LogP contribution in [0.25, 0.3) is 0 Å². The minimum absolute atomic E-state index is 0.0674. The van der Waals surface area contributed by atoms with Crippen molar-refractivity contribution in [3.05, 3.63) is 22.2 Å². The van der Waals surface area contributed by atoms with Crippen LogP contribution >= 0.6 is 23.2 Å². The zero-order valence-electron chi connectivity index (χ0n) is 11.5. The fourth-order valence-electron chi connectivity index (χ4n) is 3.39.